The number of benzene rings is 1. The zero-order valence-corrected chi connectivity index (χ0v) is 10.8. The Kier molecular flexibility index (Phi) is 4.79. The number of aryl methyl sites for hydroxylation is 1. The van der Waals surface area contributed by atoms with Crippen LogP contribution >= 0.6 is 11.6 Å². The summed E-state index contributed by atoms with van der Waals surface area (Å²) < 4.78 is 0. The van der Waals surface area contributed by atoms with Gasteiger partial charge in [0.1, 0.15) is 0 Å². The van der Waals surface area contributed by atoms with Crippen molar-refractivity contribution in [3.8, 4) is 6.07 Å². The van der Waals surface area contributed by atoms with Crippen molar-refractivity contribution in [1.82, 2.24) is 4.90 Å². The maximum absolute atomic E-state index is 8.75. The van der Waals surface area contributed by atoms with E-state index in [9.17, 15) is 0 Å². The standard InChI is InChI=1S/C13H17ClN2/c1-10(2)16(7-6-15)9-12-5-4-11(3)8-13(12)14/h4-5,8,10H,7,9H2,1-3H3. The Morgan fingerprint density at radius 1 is 1.44 bits per heavy atom. The van der Waals surface area contributed by atoms with Crippen molar-refractivity contribution < 1.29 is 0 Å². The third kappa shape index (κ3) is 3.52. The molecule has 0 atom stereocenters. The maximum atomic E-state index is 8.75. The van der Waals surface area contributed by atoms with Gasteiger partial charge in [-0.05, 0) is 38.0 Å². The van der Waals surface area contributed by atoms with E-state index >= 15 is 0 Å². The summed E-state index contributed by atoms with van der Waals surface area (Å²) in [6, 6.07) is 8.57. The molecular formula is C13H17ClN2. The molecule has 0 amide bonds. The molecule has 0 fully saturated rings. The van der Waals surface area contributed by atoms with Crippen LogP contribution in [-0.4, -0.2) is 17.5 Å². The third-order valence-corrected chi connectivity index (χ3v) is 2.94. The monoisotopic (exact) mass is 236 g/mol. The topological polar surface area (TPSA) is 27.0 Å². The van der Waals surface area contributed by atoms with Crippen LogP contribution in [0.1, 0.15) is 25.0 Å². The largest absolute Gasteiger partial charge is 0.284 e. The molecule has 1 rings (SSSR count). The average molecular weight is 237 g/mol. The minimum Gasteiger partial charge on any atom is -0.284 e. The van der Waals surface area contributed by atoms with Crippen LogP contribution in [0.3, 0.4) is 0 Å². The molecule has 1 aromatic carbocycles. The first-order chi connectivity index (χ1) is 7.54. The molecule has 0 spiro atoms. The van der Waals surface area contributed by atoms with Crippen molar-refractivity contribution in [1.29, 1.82) is 5.26 Å². The number of hydrogen-bond donors (Lipinski definition) is 0. The Balaban J connectivity index is 2.82. The lowest BCUT2D eigenvalue weighted by Crippen LogP contribution is -2.30. The van der Waals surface area contributed by atoms with E-state index in [-0.39, 0.29) is 0 Å². The Morgan fingerprint density at radius 3 is 2.62 bits per heavy atom. The first-order valence-corrected chi connectivity index (χ1v) is 5.78. The molecule has 0 unspecified atom stereocenters. The van der Waals surface area contributed by atoms with Gasteiger partial charge in [0.15, 0.2) is 0 Å². The van der Waals surface area contributed by atoms with E-state index in [4.69, 9.17) is 16.9 Å². The Hall–Kier alpha value is -1.04. The number of nitriles is 1. The summed E-state index contributed by atoms with van der Waals surface area (Å²) in [5.41, 5.74) is 2.24. The van der Waals surface area contributed by atoms with Gasteiger partial charge in [-0.3, -0.25) is 4.90 Å². The van der Waals surface area contributed by atoms with E-state index in [0.717, 1.165) is 22.7 Å². The van der Waals surface area contributed by atoms with Crippen LogP contribution in [0.25, 0.3) is 0 Å². The first kappa shape index (κ1) is 13.0. The SMILES string of the molecule is Cc1ccc(CN(CC#N)C(C)C)c(Cl)c1. The van der Waals surface area contributed by atoms with Crippen molar-refractivity contribution >= 4 is 11.6 Å². The van der Waals surface area contributed by atoms with Gasteiger partial charge in [0.25, 0.3) is 0 Å². The number of rotatable bonds is 4. The highest BCUT2D eigenvalue weighted by molar-refractivity contribution is 6.31. The van der Waals surface area contributed by atoms with Gasteiger partial charge in [0, 0.05) is 17.6 Å². The molecule has 86 valence electrons. The fraction of sp³-hybridized carbons (Fsp3) is 0.462. The van der Waals surface area contributed by atoms with Crippen molar-refractivity contribution in [2.45, 2.75) is 33.4 Å². The quantitative estimate of drug-likeness (QED) is 0.750. The normalized spacial score (nSPS) is 10.8. The second-order valence-corrected chi connectivity index (χ2v) is 4.66. The van der Waals surface area contributed by atoms with Gasteiger partial charge in [-0.2, -0.15) is 5.26 Å². The Labute approximate surface area is 102 Å². The third-order valence-electron chi connectivity index (χ3n) is 2.59. The van der Waals surface area contributed by atoms with Gasteiger partial charge in [0.2, 0.25) is 0 Å². The van der Waals surface area contributed by atoms with Crippen molar-refractivity contribution in [2.75, 3.05) is 6.54 Å². The second-order valence-electron chi connectivity index (χ2n) is 4.25. The highest BCUT2D eigenvalue weighted by Crippen LogP contribution is 2.20. The summed E-state index contributed by atoms with van der Waals surface area (Å²) in [7, 11) is 0. The summed E-state index contributed by atoms with van der Waals surface area (Å²) in [4.78, 5) is 2.09. The molecule has 0 bridgehead atoms. The number of hydrogen-bond acceptors (Lipinski definition) is 2. The molecule has 0 N–H and O–H groups in total. The summed E-state index contributed by atoms with van der Waals surface area (Å²) in [5, 5.41) is 9.53. The van der Waals surface area contributed by atoms with Crippen LogP contribution in [0.2, 0.25) is 5.02 Å². The molecule has 2 nitrogen and oxygen atoms in total. The summed E-state index contributed by atoms with van der Waals surface area (Å²) >= 11 is 6.17. The fourth-order valence-corrected chi connectivity index (χ4v) is 1.81. The van der Waals surface area contributed by atoms with Crippen LogP contribution in [-0.2, 0) is 6.54 Å². The molecule has 0 saturated heterocycles. The Bertz CT molecular complexity index is 393. The fourth-order valence-electron chi connectivity index (χ4n) is 1.51. The van der Waals surface area contributed by atoms with E-state index in [0.29, 0.717) is 12.6 Å². The molecule has 3 heteroatoms. The smallest absolute Gasteiger partial charge is 0.0871 e. The lowest BCUT2D eigenvalue weighted by molar-refractivity contribution is 0.240. The number of halogens is 1. The van der Waals surface area contributed by atoms with Gasteiger partial charge in [-0.25, -0.2) is 0 Å². The summed E-state index contributed by atoms with van der Waals surface area (Å²) in [6.45, 7) is 7.34. The van der Waals surface area contributed by atoms with E-state index in [1.807, 2.05) is 25.1 Å². The van der Waals surface area contributed by atoms with Crippen LogP contribution in [0, 0.1) is 18.3 Å². The van der Waals surface area contributed by atoms with Crippen LogP contribution in [0.4, 0.5) is 0 Å². The van der Waals surface area contributed by atoms with Crippen LogP contribution in [0.5, 0.6) is 0 Å². The molecule has 16 heavy (non-hydrogen) atoms. The second kappa shape index (κ2) is 5.89. The first-order valence-electron chi connectivity index (χ1n) is 5.40. The lowest BCUT2D eigenvalue weighted by atomic mass is 10.1. The molecule has 0 aromatic heterocycles. The summed E-state index contributed by atoms with van der Waals surface area (Å²) in [5.74, 6) is 0. The minimum atomic E-state index is 0.344. The van der Waals surface area contributed by atoms with Gasteiger partial charge in [0.05, 0.1) is 12.6 Å². The molecule has 0 aliphatic carbocycles. The van der Waals surface area contributed by atoms with Crippen molar-refractivity contribution in [2.24, 2.45) is 0 Å². The molecule has 0 heterocycles. The molecule has 0 aliphatic rings. The van der Waals surface area contributed by atoms with Crippen LogP contribution in [0.15, 0.2) is 18.2 Å². The van der Waals surface area contributed by atoms with Gasteiger partial charge in [-0.15, -0.1) is 0 Å². The van der Waals surface area contributed by atoms with Crippen molar-refractivity contribution in [3.05, 3.63) is 34.3 Å². The average Bonchev–Trinajstić information content (AvgIpc) is 2.20. The maximum Gasteiger partial charge on any atom is 0.0871 e. The zero-order valence-electron chi connectivity index (χ0n) is 10.00. The van der Waals surface area contributed by atoms with Gasteiger partial charge >= 0.3 is 0 Å². The predicted octanol–water partition coefficient (Wildman–Crippen LogP) is 3.38. The van der Waals surface area contributed by atoms with Crippen LogP contribution < -0.4 is 0 Å². The minimum absolute atomic E-state index is 0.344. The predicted molar refractivity (Wildman–Crippen MR) is 67.3 cm³/mol. The molecule has 0 saturated carbocycles. The highest BCUT2D eigenvalue weighted by atomic mass is 35.5. The molecule has 0 radical (unpaired) electrons. The highest BCUT2D eigenvalue weighted by Gasteiger charge is 2.11. The van der Waals surface area contributed by atoms with Crippen molar-refractivity contribution in [3.63, 3.8) is 0 Å². The van der Waals surface area contributed by atoms with E-state index in [1.165, 1.54) is 0 Å². The molecule has 1 aromatic rings. The van der Waals surface area contributed by atoms with E-state index < -0.39 is 0 Å². The molecule has 0 aliphatic heterocycles. The van der Waals surface area contributed by atoms with Gasteiger partial charge < -0.3 is 0 Å². The molecular weight excluding hydrogens is 220 g/mol. The zero-order chi connectivity index (χ0) is 12.1. The Morgan fingerprint density at radius 2 is 2.12 bits per heavy atom. The lowest BCUT2D eigenvalue weighted by Gasteiger charge is -2.23. The number of nitrogens with zero attached hydrogens (tertiary/aromatic N) is 2. The summed E-state index contributed by atoms with van der Waals surface area (Å²) in [6.07, 6.45) is 0. The van der Waals surface area contributed by atoms with Gasteiger partial charge in [-0.1, -0.05) is 23.7 Å². The van der Waals surface area contributed by atoms with E-state index in [2.05, 4.69) is 24.8 Å². The van der Waals surface area contributed by atoms with E-state index in [1.54, 1.807) is 0 Å².